The van der Waals surface area contributed by atoms with E-state index in [1.54, 1.807) is 0 Å². The molecule has 2 aliphatic heterocycles. The second kappa shape index (κ2) is 4.78. The first-order valence-corrected chi connectivity index (χ1v) is 5.83. The Hall–Kier alpha value is -0.570. The SMILES string of the molecule is O=CN1CCC(N2CCCCC2)CC1. The van der Waals surface area contributed by atoms with Crippen molar-refractivity contribution in [1.29, 1.82) is 0 Å². The van der Waals surface area contributed by atoms with Gasteiger partial charge in [-0.05, 0) is 38.8 Å². The van der Waals surface area contributed by atoms with E-state index in [0.29, 0.717) is 0 Å². The molecule has 80 valence electrons. The molecule has 0 aliphatic carbocycles. The first-order chi connectivity index (χ1) is 6.90. The molecule has 1 amide bonds. The van der Waals surface area contributed by atoms with Gasteiger partial charge in [-0.25, -0.2) is 0 Å². The molecule has 2 saturated heterocycles. The van der Waals surface area contributed by atoms with Crippen molar-refractivity contribution in [2.24, 2.45) is 0 Å². The molecule has 2 aliphatic rings. The molecule has 2 heterocycles. The highest BCUT2D eigenvalue weighted by atomic mass is 16.1. The fourth-order valence-electron chi connectivity index (χ4n) is 2.64. The number of hydrogen-bond acceptors (Lipinski definition) is 2. The molecular formula is C11H20N2O. The Bertz CT molecular complexity index is 182. The Morgan fingerprint density at radius 1 is 0.929 bits per heavy atom. The van der Waals surface area contributed by atoms with E-state index < -0.39 is 0 Å². The molecule has 14 heavy (non-hydrogen) atoms. The van der Waals surface area contributed by atoms with Crippen molar-refractivity contribution >= 4 is 6.41 Å². The van der Waals surface area contributed by atoms with Crippen molar-refractivity contribution in [3.8, 4) is 0 Å². The summed E-state index contributed by atoms with van der Waals surface area (Å²) < 4.78 is 0. The molecular weight excluding hydrogens is 176 g/mol. The van der Waals surface area contributed by atoms with E-state index in [4.69, 9.17) is 0 Å². The predicted octanol–water partition coefficient (Wildman–Crippen LogP) is 1.09. The van der Waals surface area contributed by atoms with Crippen molar-refractivity contribution in [1.82, 2.24) is 9.80 Å². The third-order valence-electron chi connectivity index (χ3n) is 3.56. The number of amides is 1. The van der Waals surface area contributed by atoms with E-state index in [9.17, 15) is 4.79 Å². The average Bonchev–Trinajstić information content (AvgIpc) is 2.30. The van der Waals surface area contributed by atoms with E-state index in [-0.39, 0.29) is 0 Å². The van der Waals surface area contributed by atoms with Crippen LogP contribution < -0.4 is 0 Å². The zero-order valence-corrected chi connectivity index (χ0v) is 8.82. The van der Waals surface area contributed by atoms with Crippen LogP contribution in [0.4, 0.5) is 0 Å². The van der Waals surface area contributed by atoms with Gasteiger partial charge in [0.2, 0.25) is 6.41 Å². The van der Waals surface area contributed by atoms with Crippen LogP contribution in [-0.2, 0) is 4.79 Å². The van der Waals surface area contributed by atoms with Gasteiger partial charge in [-0.2, -0.15) is 0 Å². The first-order valence-electron chi connectivity index (χ1n) is 5.83. The summed E-state index contributed by atoms with van der Waals surface area (Å²) in [5.41, 5.74) is 0. The maximum Gasteiger partial charge on any atom is 0.209 e. The van der Waals surface area contributed by atoms with Crippen LogP contribution in [-0.4, -0.2) is 48.4 Å². The summed E-state index contributed by atoms with van der Waals surface area (Å²) >= 11 is 0. The molecule has 0 saturated carbocycles. The lowest BCUT2D eigenvalue weighted by Gasteiger charge is -2.39. The molecule has 2 fully saturated rings. The smallest absolute Gasteiger partial charge is 0.209 e. The molecule has 0 bridgehead atoms. The van der Waals surface area contributed by atoms with Gasteiger partial charge >= 0.3 is 0 Å². The third kappa shape index (κ3) is 2.27. The lowest BCUT2D eigenvalue weighted by molar-refractivity contribution is -0.119. The zero-order chi connectivity index (χ0) is 9.80. The zero-order valence-electron chi connectivity index (χ0n) is 8.82. The Balaban J connectivity index is 1.78. The summed E-state index contributed by atoms with van der Waals surface area (Å²) in [5.74, 6) is 0. The Labute approximate surface area is 86.1 Å². The van der Waals surface area contributed by atoms with Crippen LogP contribution in [0.5, 0.6) is 0 Å². The molecule has 0 aromatic heterocycles. The van der Waals surface area contributed by atoms with E-state index >= 15 is 0 Å². The van der Waals surface area contributed by atoms with E-state index in [1.807, 2.05) is 4.90 Å². The Morgan fingerprint density at radius 2 is 1.57 bits per heavy atom. The molecule has 0 aromatic rings. The topological polar surface area (TPSA) is 23.6 Å². The summed E-state index contributed by atoms with van der Waals surface area (Å²) in [4.78, 5) is 15.1. The second-order valence-corrected chi connectivity index (χ2v) is 4.47. The minimum absolute atomic E-state index is 0.756. The van der Waals surface area contributed by atoms with Crippen LogP contribution >= 0.6 is 0 Å². The van der Waals surface area contributed by atoms with Crippen molar-refractivity contribution in [3.05, 3.63) is 0 Å². The molecule has 3 heteroatoms. The highest BCUT2D eigenvalue weighted by Crippen LogP contribution is 2.19. The fraction of sp³-hybridized carbons (Fsp3) is 0.909. The maximum atomic E-state index is 10.6. The third-order valence-corrected chi connectivity index (χ3v) is 3.56. The van der Waals surface area contributed by atoms with E-state index in [2.05, 4.69) is 4.90 Å². The lowest BCUT2D eigenvalue weighted by atomic mass is 10.0. The molecule has 0 unspecified atom stereocenters. The van der Waals surface area contributed by atoms with Crippen molar-refractivity contribution in [2.45, 2.75) is 38.1 Å². The standard InChI is InChI=1S/C11H20N2O/c14-10-12-8-4-11(5-9-12)13-6-2-1-3-7-13/h10-11H,1-9H2. The molecule has 2 rings (SSSR count). The van der Waals surface area contributed by atoms with Crippen LogP contribution in [0.15, 0.2) is 0 Å². The van der Waals surface area contributed by atoms with Gasteiger partial charge in [0.15, 0.2) is 0 Å². The first kappa shape index (κ1) is 9.97. The summed E-state index contributed by atoms with van der Waals surface area (Å²) in [7, 11) is 0. The summed E-state index contributed by atoms with van der Waals surface area (Å²) in [6.45, 7) is 4.49. The molecule has 0 N–H and O–H groups in total. The molecule has 0 aromatic carbocycles. The quantitative estimate of drug-likeness (QED) is 0.617. The summed E-state index contributed by atoms with van der Waals surface area (Å²) in [5, 5.41) is 0. The van der Waals surface area contributed by atoms with Gasteiger partial charge in [-0.15, -0.1) is 0 Å². The predicted molar refractivity (Wildman–Crippen MR) is 56.1 cm³/mol. The summed E-state index contributed by atoms with van der Waals surface area (Å²) in [6, 6.07) is 0.756. The molecule has 0 radical (unpaired) electrons. The van der Waals surface area contributed by atoms with E-state index in [0.717, 1.165) is 25.5 Å². The fourth-order valence-corrected chi connectivity index (χ4v) is 2.64. The normalized spacial score (nSPS) is 26.4. The van der Waals surface area contributed by atoms with Crippen LogP contribution in [0.25, 0.3) is 0 Å². The number of carbonyl (C=O) groups is 1. The maximum absolute atomic E-state index is 10.6. The van der Waals surface area contributed by atoms with Gasteiger partial charge in [0, 0.05) is 19.1 Å². The number of rotatable bonds is 2. The van der Waals surface area contributed by atoms with Gasteiger partial charge < -0.3 is 9.80 Å². The minimum Gasteiger partial charge on any atom is -0.345 e. The number of nitrogens with zero attached hydrogens (tertiary/aromatic N) is 2. The van der Waals surface area contributed by atoms with E-state index in [1.165, 1.54) is 45.2 Å². The molecule has 3 nitrogen and oxygen atoms in total. The van der Waals surface area contributed by atoms with Gasteiger partial charge in [0.05, 0.1) is 0 Å². The monoisotopic (exact) mass is 196 g/mol. The lowest BCUT2D eigenvalue weighted by Crippen LogP contribution is -2.46. The van der Waals surface area contributed by atoms with Crippen LogP contribution in [0.2, 0.25) is 0 Å². The molecule has 0 atom stereocenters. The van der Waals surface area contributed by atoms with Crippen LogP contribution in [0.3, 0.4) is 0 Å². The average molecular weight is 196 g/mol. The van der Waals surface area contributed by atoms with Crippen LogP contribution in [0.1, 0.15) is 32.1 Å². The largest absolute Gasteiger partial charge is 0.345 e. The Kier molecular flexibility index (Phi) is 3.40. The Morgan fingerprint density at radius 3 is 2.14 bits per heavy atom. The minimum atomic E-state index is 0.756. The summed E-state index contributed by atoms with van der Waals surface area (Å²) in [6.07, 6.45) is 7.50. The van der Waals surface area contributed by atoms with Crippen molar-refractivity contribution in [2.75, 3.05) is 26.2 Å². The van der Waals surface area contributed by atoms with Gasteiger partial charge in [0.1, 0.15) is 0 Å². The van der Waals surface area contributed by atoms with Crippen molar-refractivity contribution < 1.29 is 4.79 Å². The molecule has 0 spiro atoms. The van der Waals surface area contributed by atoms with Gasteiger partial charge in [-0.3, -0.25) is 4.79 Å². The van der Waals surface area contributed by atoms with Gasteiger partial charge in [0.25, 0.3) is 0 Å². The number of carbonyl (C=O) groups excluding carboxylic acids is 1. The number of likely N-dealkylation sites (tertiary alicyclic amines) is 2. The number of piperidine rings is 2. The van der Waals surface area contributed by atoms with Gasteiger partial charge in [-0.1, -0.05) is 6.42 Å². The highest BCUT2D eigenvalue weighted by Gasteiger charge is 2.24. The number of hydrogen-bond donors (Lipinski definition) is 0. The highest BCUT2D eigenvalue weighted by molar-refractivity contribution is 5.47. The second-order valence-electron chi connectivity index (χ2n) is 4.47. The van der Waals surface area contributed by atoms with Crippen molar-refractivity contribution in [3.63, 3.8) is 0 Å². The van der Waals surface area contributed by atoms with Crippen LogP contribution in [0, 0.1) is 0 Å².